The number of likely N-dealkylation sites (tertiary alicyclic amines) is 1. The largest absolute Gasteiger partial charge is 0.480 e. The van der Waals surface area contributed by atoms with Crippen molar-refractivity contribution in [2.24, 2.45) is 23.2 Å². The number of aliphatic carboxylic acids is 1. The Morgan fingerprint density at radius 1 is 1.15 bits per heavy atom. The lowest BCUT2D eigenvalue weighted by Gasteiger charge is -2.57. The summed E-state index contributed by atoms with van der Waals surface area (Å²) in [6, 6.07) is 0. The second-order valence-electron chi connectivity index (χ2n) is 11.6. The monoisotopic (exact) mass is 477 g/mol. The van der Waals surface area contributed by atoms with E-state index in [1.807, 2.05) is 4.90 Å². The molecule has 0 aromatic heterocycles. The number of carboxylic acids is 1. The molecule has 1 N–H and O–H groups in total. The topological polar surface area (TPSA) is 68.2 Å². The minimum absolute atomic E-state index is 0.143. The summed E-state index contributed by atoms with van der Waals surface area (Å²) in [6.45, 7) is 10.8. The average Bonchev–Trinajstić information content (AvgIpc) is 3.42. The summed E-state index contributed by atoms with van der Waals surface area (Å²) in [5, 5.41) is 8.94. The maximum atomic E-state index is 10.9. The molecule has 5 aliphatic rings. The van der Waals surface area contributed by atoms with Gasteiger partial charge in [-0.2, -0.15) is 0 Å². The van der Waals surface area contributed by atoms with E-state index in [9.17, 15) is 4.79 Å². The van der Waals surface area contributed by atoms with Crippen LogP contribution in [-0.4, -0.2) is 67.8 Å². The van der Waals surface area contributed by atoms with Crippen LogP contribution in [0.5, 0.6) is 0 Å². The fourth-order valence-corrected chi connectivity index (χ4v) is 7.50. The third-order valence-electron chi connectivity index (χ3n) is 9.45. The highest BCUT2D eigenvalue weighted by Crippen LogP contribution is 2.58. The molecule has 0 radical (unpaired) electrons. The van der Waals surface area contributed by atoms with E-state index in [0.29, 0.717) is 30.7 Å². The number of carboxylic acid groups (broad SMARTS) is 1. The van der Waals surface area contributed by atoms with Gasteiger partial charge in [0.1, 0.15) is 6.79 Å². The highest BCUT2D eigenvalue weighted by Gasteiger charge is 2.53. The summed E-state index contributed by atoms with van der Waals surface area (Å²) in [6.07, 6.45) is 15.7. The molecule has 5 unspecified atom stereocenters. The third-order valence-corrected chi connectivity index (χ3v) is 9.45. The first-order valence-corrected chi connectivity index (χ1v) is 13.9. The molecule has 3 saturated carbocycles. The molecule has 5 rings (SSSR count). The van der Waals surface area contributed by atoms with Crippen LogP contribution in [0.3, 0.4) is 0 Å². The van der Waals surface area contributed by atoms with Crippen molar-refractivity contribution in [1.29, 1.82) is 0 Å². The quantitative estimate of drug-likeness (QED) is 0.526. The molecule has 6 nitrogen and oxygen atoms in total. The zero-order chi connectivity index (χ0) is 24.0. The molecule has 6 heteroatoms. The van der Waals surface area contributed by atoms with Crippen molar-refractivity contribution in [2.75, 3.05) is 39.6 Å². The van der Waals surface area contributed by atoms with E-state index < -0.39 is 5.97 Å². The third kappa shape index (κ3) is 6.43. The Bertz CT molecular complexity index is 664. The smallest absolute Gasteiger partial charge is 0.317 e. The zero-order valence-electron chi connectivity index (χ0n) is 21.3. The second-order valence-corrected chi connectivity index (χ2v) is 11.6. The summed E-state index contributed by atoms with van der Waals surface area (Å²) >= 11 is 0. The average molecular weight is 478 g/mol. The highest BCUT2D eigenvalue weighted by atomic mass is 16.7. The Balaban J connectivity index is 0.000000486. The zero-order valence-corrected chi connectivity index (χ0v) is 21.3. The molecule has 2 saturated heterocycles. The molecule has 0 aromatic carbocycles. The van der Waals surface area contributed by atoms with Gasteiger partial charge in [-0.05, 0) is 62.2 Å². The number of ether oxygens (including phenoxy) is 3. The number of allylic oxidation sites excluding steroid dienone is 1. The van der Waals surface area contributed by atoms with Crippen molar-refractivity contribution < 1.29 is 24.1 Å². The molecule has 3 aliphatic carbocycles. The van der Waals surface area contributed by atoms with Gasteiger partial charge in [-0.25, -0.2) is 0 Å². The first kappa shape index (κ1) is 26.1. The molecular weight excluding hydrogens is 430 g/mol. The lowest BCUT2D eigenvalue weighted by molar-refractivity contribution is -0.219. The van der Waals surface area contributed by atoms with Crippen LogP contribution in [0.2, 0.25) is 0 Å². The van der Waals surface area contributed by atoms with Crippen molar-refractivity contribution >= 4 is 5.97 Å². The lowest BCUT2D eigenvalue weighted by atomic mass is 9.50. The Labute approximate surface area is 206 Å². The Morgan fingerprint density at radius 2 is 1.85 bits per heavy atom. The van der Waals surface area contributed by atoms with Gasteiger partial charge in [0.05, 0.1) is 25.4 Å². The molecule has 0 aromatic rings. The number of hydrogen-bond donors (Lipinski definition) is 1. The minimum Gasteiger partial charge on any atom is -0.480 e. The number of fused-ring (bicyclic) bond motifs is 3. The number of piperidine rings is 1. The van der Waals surface area contributed by atoms with Crippen LogP contribution in [0.1, 0.15) is 84.0 Å². The van der Waals surface area contributed by atoms with E-state index in [2.05, 4.69) is 13.5 Å². The fraction of sp³-hybridized carbons (Fsp3) is 0.893. The summed E-state index contributed by atoms with van der Waals surface area (Å²) in [4.78, 5) is 12.9. The molecule has 2 aliphatic heterocycles. The molecule has 5 fully saturated rings. The molecule has 34 heavy (non-hydrogen) atoms. The van der Waals surface area contributed by atoms with E-state index in [0.717, 1.165) is 58.4 Å². The van der Waals surface area contributed by atoms with Gasteiger partial charge in [0.15, 0.2) is 0 Å². The number of nitrogens with zero attached hydrogens (tertiary/aromatic N) is 1. The van der Waals surface area contributed by atoms with Crippen LogP contribution in [0.15, 0.2) is 12.2 Å². The van der Waals surface area contributed by atoms with Gasteiger partial charge < -0.3 is 19.3 Å². The van der Waals surface area contributed by atoms with Gasteiger partial charge in [0, 0.05) is 25.6 Å². The van der Waals surface area contributed by atoms with Gasteiger partial charge in [-0.3, -0.25) is 9.69 Å². The van der Waals surface area contributed by atoms with Gasteiger partial charge in [-0.1, -0.05) is 51.2 Å². The standard InChI is InChI=1S/C23H37NO5.C5H10/c1-16-3-4-20-18-14-27-15-29-21(18)5-9-23(20,2)19(16)8-12-28-17-6-10-24(11-7-17)13-22(25)26;1-2-4-5-3-1/h17-21H,1,3-15H2,2H3,(H,25,26);1-5H2. The van der Waals surface area contributed by atoms with E-state index >= 15 is 0 Å². The van der Waals surface area contributed by atoms with Crippen molar-refractivity contribution in [2.45, 2.75) is 96.2 Å². The van der Waals surface area contributed by atoms with Crippen molar-refractivity contribution in [3.8, 4) is 0 Å². The SMILES string of the molecule is C1CCCC1.C=C1CCC2C3COCOC3CCC2(C)C1CCOC1CCN(CC(=O)O)CC1. The molecule has 2 heterocycles. The normalized spacial score (nSPS) is 36.8. The lowest BCUT2D eigenvalue weighted by Crippen LogP contribution is -2.54. The van der Waals surface area contributed by atoms with Gasteiger partial charge in [0.2, 0.25) is 0 Å². The van der Waals surface area contributed by atoms with Gasteiger partial charge >= 0.3 is 5.97 Å². The van der Waals surface area contributed by atoms with Crippen molar-refractivity contribution in [3.05, 3.63) is 12.2 Å². The van der Waals surface area contributed by atoms with E-state index in [-0.39, 0.29) is 18.1 Å². The molecule has 0 bridgehead atoms. The summed E-state index contributed by atoms with van der Waals surface area (Å²) in [5.74, 6) is 0.941. The van der Waals surface area contributed by atoms with Crippen LogP contribution >= 0.6 is 0 Å². The maximum Gasteiger partial charge on any atom is 0.317 e. The Kier molecular flexibility index (Phi) is 9.48. The van der Waals surface area contributed by atoms with Crippen LogP contribution in [0.4, 0.5) is 0 Å². The predicted octanol–water partition coefficient (Wildman–Crippen LogP) is 5.26. The van der Waals surface area contributed by atoms with Crippen LogP contribution in [0, 0.1) is 23.2 Å². The second kappa shape index (κ2) is 12.3. The Morgan fingerprint density at radius 3 is 2.53 bits per heavy atom. The van der Waals surface area contributed by atoms with Crippen molar-refractivity contribution in [3.63, 3.8) is 0 Å². The first-order chi connectivity index (χ1) is 16.5. The summed E-state index contributed by atoms with van der Waals surface area (Å²) < 4.78 is 17.9. The van der Waals surface area contributed by atoms with Gasteiger partial charge in [-0.15, -0.1) is 0 Å². The molecular formula is C28H47NO5. The van der Waals surface area contributed by atoms with E-state index in [1.165, 1.54) is 50.5 Å². The highest BCUT2D eigenvalue weighted by molar-refractivity contribution is 5.69. The van der Waals surface area contributed by atoms with Crippen LogP contribution in [0.25, 0.3) is 0 Å². The number of carbonyl (C=O) groups is 1. The number of hydrogen-bond acceptors (Lipinski definition) is 5. The molecule has 5 atom stereocenters. The van der Waals surface area contributed by atoms with E-state index in [4.69, 9.17) is 19.3 Å². The molecule has 194 valence electrons. The Hall–Kier alpha value is -0.950. The van der Waals surface area contributed by atoms with Crippen molar-refractivity contribution in [1.82, 2.24) is 4.90 Å². The van der Waals surface area contributed by atoms with Gasteiger partial charge in [0.25, 0.3) is 0 Å². The van der Waals surface area contributed by atoms with Crippen LogP contribution in [-0.2, 0) is 19.0 Å². The maximum absolute atomic E-state index is 10.9. The fourth-order valence-electron chi connectivity index (χ4n) is 7.50. The minimum atomic E-state index is -0.744. The van der Waals surface area contributed by atoms with Crippen LogP contribution < -0.4 is 0 Å². The molecule has 0 spiro atoms. The van der Waals surface area contributed by atoms with E-state index in [1.54, 1.807) is 0 Å². The molecule has 0 amide bonds. The predicted molar refractivity (Wildman–Crippen MR) is 133 cm³/mol. The summed E-state index contributed by atoms with van der Waals surface area (Å²) in [7, 11) is 0. The summed E-state index contributed by atoms with van der Waals surface area (Å²) in [5.41, 5.74) is 1.68. The first-order valence-electron chi connectivity index (χ1n) is 13.9. The number of rotatable bonds is 6.